The van der Waals surface area contributed by atoms with Crippen molar-refractivity contribution in [3.63, 3.8) is 0 Å². The number of hydrogen-bond donors (Lipinski definition) is 1. The highest BCUT2D eigenvalue weighted by atomic mass is 19.1. The largest absolute Gasteiger partial charge is 0.362 e. The second-order valence-electron chi connectivity index (χ2n) is 9.75. The van der Waals surface area contributed by atoms with Crippen LogP contribution in [0.5, 0.6) is 0 Å². The number of carbonyl (C=O) groups excluding carboxylic acids is 1. The quantitative estimate of drug-likeness (QED) is 0.673. The molecule has 0 spiro atoms. The van der Waals surface area contributed by atoms with Crippen LogP contribution < -0.4 is 5.32 Å². The molecule has 5 nitrogen and oxygen atoms in total. The zero-order valence-electron chi connectivity index (χ0n) is 18.9. The van der Waals surface area contributed by atoms with Crippen molar-refractivity contribution in [1.82, 2.24) is 10.3 Å². The molecule has 1 aliphatic carbocycles. The van der Waals surface area contributed by atoms with E-state index >= 15 is 0 Å². The van der Waals surface area contributed by atoms with Crippen molar-refractivity contribution >= 4 is 5.78 Å². The Morgan fingerprint density at radius 1 is 1.22 bits per heavy atom. The Balaban J connectivity index is 1.75. The third-order valence-electron chi connectivity index (χ3n) is 7.04. The molecule has 2 atom stereocenters. The number of ketones is 1. The van der Waals surface area contributed by atoms with E-state index in [0.29, 0.717) is 24.1 Å². The van der Waals surface area contributed by atoms with Gasteiger partial charge in [0.2, 0.25) is 0 Å². The molecule has 0 saturated carbocycles. The number of halogens is 1. The summed E-state index contributed by atoms with van der Waals surface area (Å²) >= 11 is 0. The van der Waals surface area contributed by atoms with E-state index in [-0.39, 0.29) is 23.2 Å². The van der Waals surface area contributed by atoms with Crippen LogP contribution in [-0.4, -0.2) is 16.9 Å². The number of azo groups is 1. The molecule has 1 unspecified atom stereocenters. The van der Waals surface area contributed by atoms with E-state index in [1.807, 2.05) is 24.3 Å². The van der Waals surface area contributed by atoms with Crippen LogP contribution in [0.4, 0.5) is 4.39 Å². The van der Waals surface area contributed by atoms with Gasteiger partial charge < -0.3 is 5.32 Å². The van der Waals surface area contributed by atoms with Crippen molar-refractivity contribution in [2.75, 3.05) is 0 Å². The average Bonchev–Trinajstić information content (AvgIpc) is 3.22. The van der Waals surface area contributed by atoms with Gasteiger partial charge in [0.15, 0.2) is 17.8 Å². The summed E-state index contributed by atoms with van der Waals surface area (Å²) in [5.41, 5.74) is 4.63. The molecule has 6 heteroatoms. The predicted octanol–water partition coefficient (Wildman–Crippen LogP) is 5.77. The highest BCUT2D eigenvalue weighted by Gasteiger charge is 2.52. The second kappa shape index (κ2) is 7.19. The fraction of sp³-hybridized carbons (Fsp3) is 0.385. The summed E-state index contributed by atoms with van der Waals surface area (Å²) in [6, 6.07) is 9.60. The monoisotopic (exact) mass is 430 g/mol. The molecule has 3 aliphatic rings. The molecular formula is C26H27FN4O. The summed E-state index contributed by atoms with van der Waals surface area (Å²) in [5, 5.41) is 12.1. The first-order valence-corrected chi connectivity index (χ1v) is 11.1. The van der Waals surface area contributed by atoms with Crippen molar-refractivity contribution in [3.05, 3.63) is 76.6 Å². The first-order chi connectivity index (χ1) is 15.3. The second-order valence-corrected chi connectivity index (χ2v) is 9.75. The van der Waals surface area contributed by atoms with Gasteiger partial charge in [-0.05, 0) is 48.4 Å². The van der Waals surface area contributed by atoms with Gasteiger partial charge in [-0.2, -0.15) is 10.2 Å². The summed E-state index contributed by atoms with van der Waals surface area (Å²) in [7, 11) is 0. The van der Waals surface area contributed by atoms with Crippen LogP contribution in [-0.2, 0) is 10.2 Å². The standard InChI is InChI=1S/C26H27FN4O/c1-5-26(17-8-6-7-16(11-17)18-9-10-28-15(2)23(18)27)19-14-29-31-24(19)30-20-12-25(3,4)13-21(32)22(20)26/h6-11,14,24,30H,5,12-13H2,1-4H3/t24?,26-/m1/s1. The minimum Gasteiger partial charge on any atom is -0.362 e. The van der Waals surface area contributed by atoms with Crippen LogP contribution >= 0.6 is 0 Å². The highest BCUT2D eigenvalue weighted by molar-refractivity contribution is 6.01. The average molecular weight is 431 g/mol. The Bertz CT molecular complexity index is 1230. The number of Topliss-reactive ketones (excluding diaryl/α,β-unsaturated/α-hetero) is 1. The van der Waals surface area contributed by atoms with E-state index in [9.17, 15) is 9.18 Å². The number of aryl methyl sites for hydroxylation is 1. The molecule has 5 rings (SSSR count). The van der Waals surface area contributed by atoms with E-state index in [1.54, 1.807) is 25.4 Å². The van der Waals surface area contributed by atoms with Gasteiger partial charge in [0.1, 0.15) is 0 Å². The highest BCUT2D eigenvalue weighted by Crippen LogP contribution is 2.54. The van der Waals surface area contributed by atoms with Gasteiger partial charge in [-0.1, -0.05) is 39.0 Å². The Kier molecular flexibility index (Phi) is 4.66. The molecular weight excluding hydrogens is 403 g/mol. The van der Waals surface area contributed by atoms with Gasteiger partial charge in [-0.25, -0.2) is 4.39 Å². The molecule has 2 aromatic rings. The van der Waals surface area contributed by atoms with Crippen LogP contribution in [0.2, 0.25) is 0 Å². The molecule has 1 aromatic carbocycles. The minimum atomic E-state index is -0.642. The maximum Gasteiger partial charge on any atom is 0.164 e. The molecule has 0 radical (unpaired) electrons. The number of benzene rings is 1. The molecule has 0 bridgehead atoms. The summed E-state index contributed by atoms with van der Waals surface area (Å²) in [5.74, 6) is -0.160. The van der Waals surface area contributed by atoms with E-state index in [2.05, 4.69) is 41.3 Å². The van der Waals surface area contributed by atoms with Crippen LogP contribution in [0.25, 0.3) is 11.1 Å². The van der Waals surface area contributed by atoms with Gasteiger partial charge in [0.25, 0.3) is 0 Å². The fourth-order valence-electron chi connectivity index (χ4n) is 5.61. The number of nitrogens with zero attached hydrogens (tertiary/aromatic N) is 3. The molecule has 2 aliphatic heterocycles. The Hall–Kier alpha value is -3.15. The number of fused-ring (bicyclic) bond motifs is 1. The number of aromatic nitrogens is 1. The summed E-state index contributed by atoms with van der Waals surface area (Å²) in [6.45, 7) is 8.02. The maximum absolute atomic E-state index is 14.9. The number of nitrogens with one attached hydrogen (secondary N) is 1. The first kappa shape index (κ1) is 20.7. The lowest BCUT2D eigenvalue weighted by molar-refractivity contribution is -0.119. The summed E-state index contributed by atoms with van der Waals surface area (Å²) in [4.78, 5) is 17.6. The molecule has 0 saturated heterocycles. The third-order valence-corrected chi connectivity index (χ3v) is 7.04. The molecule has 1 aromatic heterocycles. The SMILES string of the molecule is CC[C@@]1(c2cccc(-c3ccnc(C)c3F)c2)C2=CN=NC2NC2=C1C(=O)CC(C)(C)C2. The summed E-state index contributed by atoms with van der Waals surface area (Å²) in [6.07, 6.45) is 5.11. The first-order valence-electron chi connectivity index (χ1n) is 11.1. The Labute approximate surface area is 187 Å². The van der Waals surface area contributed by atoms with E-state index in [0.717, 1.165) is 34.4 Å². The lowest BCUT2D eigenvalue weighted by Gasteiger charge is -2.47. The molecule has 1 N–H and O–H groups in total. The van der Waals surface area contributed by atoms with Crippen LogP contribution in [0.15, 0.2) is 69.8 Å². The zero-order chi connectivity index (χ0) is 22.7. The van der Waals surface area contributed by atoms with Crippen molar-refractivity contribution in [3.8, 4) is 11.1 Å². The molecule has 3 heterocycles. The van der Waals surface area contributed by atoms with Gasteiger partial charge in [0.05, 0.1) is 17.3 Å². The summed E-state index contributed by atoms with van der Waals surface area (Å²) < 4.78 is 14.9. The number of hydrogen-bond acceptors (Lipinski definition) is 5. The van der Waals surface area contributed by atoms with Gasteiger partial charge in [0, 0.05) is 35.0 Å². The van der Waals surface area contributed by atoms with Crippen LogP contribution in [0.1, 0.15) is 51.3 Å². The third kappa shape index (κ3) is 2.96. The number of pyridine rings is 1. The normalized spacial score (nSPS) is 25.8. The van der Waals surface area contributed by atoms with Gasteiger partial charge in [-0.3, -0.25) is 9.78 Å². The Morgan fingerprint density at radius 3 is 2.81 bits per heavy atom. The number of allylic oxidation sites excluding steroid dienone is 2. The topological polar surface area (TPSA) is 66.7 Å². The van der Waals surface area contributed by atoms with Crippen molar-refractivity contribution in [1.29, 1.82) is 0 Å². The van der Waals surface area contributed by atoms with Crippen LogP contribution in [0, 0.1) is 18.2 Å². The van der Waals surface area contributed by atoms with Crippen LogP contribution in [0.3, 0.4) is 0 Å². The molecule has 164 valence electrons. The maximum atomic E-state index is 14.9. The Morgan fingerprint density at radius 2 is 2.03 bits per heavy atom. The van der Waals surface area contributed by atoms with Crippen molar-refractivity contribution in [2.24, 2.45) is 15.6 Å². The van der Waals surface area contributed by atoms with Gasteiger partial charge in [-0.15, -0.1) is 0 Å². The van der Waals surface area contributed by atoms with E-state index in [4.69, 9.17) is 0 Å². The molecule has 0 amide bonds. The molecule has 0 fully saturated rings. The lowest BCUT2D eigenvalue weighted by atomic mass is 9.58. The smallest absolute Gasteiger partial charge is 0.164 e. The van der Waals surface area contributed by atoms with E-state index in [1.165, 1.54) is 0 Å². The fourth-order valence-corrected chi connectivity index (χ4v) is 5.61. The zero-order valence-corrected chi connectivity index (χ0v) is 18.9. The molecule has 32 heavy (non-hydrogen) atoms. The number of rotatable bonds is 3. The number of carbonyl (C=O) groups is 1. The minimum absolute atomic E-state index is 0.112. The van der Waals surface area contributed by atoms with E-state index < -0.39 is 5.41 Å². The lowest BCUT2D eigenvalue weighted by Crippen LogP contribution is -2.51. The van der Waals surface area contributed by atoms with Crippen molar-refractivity contribution in [2.45, 2.75) is 58.5 Å². The predicted molar refractivity (Wildman–Crippen MR) is 121 cm³/mol. The van der Waals surface area contributed by atoms with Crippen molar-refractivity contribution < 1.29 is 9.18 Å². The van der Waals surface area contributed by atoms with Gasteiger partial charge >= 0.3 is 0 Å².